The molecule has 0 amide bonds. The summed E-state index contributed by atoms with van der Waals surface area (Å²) in [6.07, 6.45) is 2.91. The van der Waals surface area contributed by atoms with Gasteiger partial charge in [-0.15, -0.1) is 0 Å². The highest BCUT2D eigenvalue weighted by Gasteiger charge is 2.07. The lowest BCUT2D eigenvalue weighted by atomic mass is 10.3. The molecule has 0 fully saturated rings. The van der Waals surface area contributed by atoms with E-state index in [-0.39, 0.29) is 5.56 Å². The van der Waals surface area contributed by atoms with Crippen LogP contribution in [-0.2, 0) is 17.9 Å². The molecule has 0 saturated heterocycles. The topological polar surface area (TPSA) is 70.2 Å². The van der Waals surface area contributed by atoms with Crippen LogP contribution in [0.4, 0.5) is 0 Å². The molecule has 2 aromatic rings. The van der Waals surface area contributed by atoms with Gasteiger partial charge in [0.25, 0.3) is 5.56 Å². The second-order valence-electron chi connectivity index (χ2n) is 3.39. The summed E-state index contributed by atoms with van der Waals surface area (Å²) < 4.78 is 11.8. The maximum Gasteiger partial charge on any atom is 0.267 e. The fourth-order valence-electron chi connectivity index (χ4n) is 1.35. The number of methoxy groups -OCH3 is 1. The number of rotatable bonds is 4. The van der Waals surface area contributed by atoms with E-state index in [0.29, 0.717) is 29.1 Å². The first kappa shape index (κ1) is 12.0. The van der Waals surface area contributed by atoms with Gasteiger partial charge in [0, 0.05) is 19.4 Å². The van der Waals surface area contributed by atoms with Crippen LogP contribution in [0.15, 0.2) is 32.4 Å². The van der Waals surface area contributed by atoms with Gasteiger partial charge in [-0.3, -0.25) is 9.36 Å². The van der Waals surface area contributed by atoms with Gasteiger partial charge in [-0.05, 0) is 15.9 Å². The van der Waals surface area contributed by atoms with Crippen LogP contribution < -0.4 is 5.56 Å². The standard InChI is InChI=1S/C10H10BrN3O3/c1-16-5-8-2-7(13-17-8)4-14-6-12-3-9(11)10(14)15/h2-3,6H,4-5H2,1H3. The third-order valence-corrected chi connectivity index (χ3v) is 2.63. The van der Waals surface area contributed by atoms with Gasteiger partial charge in [0.2, 0.25) is 0 Å². The van der Waals surface area contributed by atoms with Crippen LogP contribution in [0.2, 0.25) is 0 Å². The second kappa shape index (κ2) is 5.24. The highest BCUT2D eigenvalue weighted by atomic mass is 79.9. The van der Waals surface area contributed by atoms with Crippen LogP contribution in [0.3, 0.4) is 0 Å². The van der Waals surface area contributed by atoms with Crippen molar-refractivity contribution in [1.29, 1.82) is 0 Å². The number of ether oxygens (including phenoxy) is 1. The molecule has 6 nitrogen and oxygen atoms in total. The third kappa shape index (κ3) is 2.80. The zero-order chi connectivity index (χ0) is 12.3. The van der Waals surface area contributed by atoms with Gasteiger partial charge in [0.1, 0.15) is 16.8 Å². The van der Waals surface area contributed by atoms with Gasteiger partial charge in [0.05, 0.1) is 12.9 Å². The fraction of sp³-hybridized carbons (Fsp3) is 0.300. The molecule has 0 radical (unpaired) electrons. The van der Waals surface area contributed by atoms with Gasteiger partial charge in [-0.1, -0.05) is 5.16 Å². The molecule has 0 N–H and O–H groups in total. The van der Waals surface area contributed by atoms with Crippen molar-refractivity contribution < 1.29 is 9.26 Å². The van der Waals surface area contributed by atoms with E-state index in [0.717, 1.165) is 0 Å². The molecule has 0 aromatic carbocycles. The van der Waals surface area contributed by atoms with Crippen LogP contribution in [0.25, 0.3) is 0 Å². The van der Waals surface area contributed by atoms with Crippen molar-refractivity contribution in [2.24, 2.45) is 0 Å². The van der Waals surface area contributed by atoms with E-state index >= 15 is 0 Å². The lowest BCUT2D eigenvalue weighted by Gasteiger charge is -2.01. The van der Waals surface area contributed by atoms with E-state index in [1.807, 2.05) is 0 Å². The van der Waals surface area contributed by atoms with Crippen molar-refractivity contribution in [1.82, 2.24) is 14.7 Å². The average molecular weight is 300 g/mol. The average Bonchev–Trinajstić information content (AvgIpc) is 2.73. The first-order valence-corrected chi connectivity index (χ1v) is 5.63. The summed E-state index contributed by atoms with van der Waals surface area (Å²) in [5, 5.41) is 3.84. The minimum absolute atomic E-state index is 0.156. The highest BCUT2D eigenvalue weighted by molar-refractivity contribution is 9.10. The zero-order valence-corrected chi connectivity index (χ0v) is 10.7. The Balaban J connectivity index is 2.19. The van der Waals surface area contributed by atoms with Crippen LogP contribution in [0, 0.1) is 0 Å². The Morgan fingerprint density at radius 2 is 2.41 bits per heavy atom. The van der Waals surface area contributed by atoms with Crippen LogP contribution in [0.1, 0.15) is 11.5 Å². The van der Waals surface area contributed by atoms with Gasteiger partial charge >= 0.3 is 0 Å². The molecular formula is C10H10BrN3O3. The molecular weight excluding hydrogens is 290 g/mol. The maximum atomic E-state index is 11.7. The minimum atomic E-state index is -0.156. The monoisotopic (exact) mass is 299 g/mol. The Kier molecular flexibility index (Phi) is 3.70. The summed E-state index contributed by atoms with van der Waals surface area (Å²) in [7, 11) is 1.57. The van der Waals surface area contributed by atoms with Gasteiger partial charge in [0.15, 0.2) is 5.76 Å². The number of aromatic nitrogens is 3. The Morgan fingerprint density at radius 1 is 1.59 bits per heavy atom. The molecule has 0 aliphatic carbocycles. The van der Waals surface area contributed by atoms with Crippen molar-refractivity contribution in [3.8, 4) is 0 Å². The van der Waals surface area contributed by atoms with Crippen molar-refractivity contribution in [2.45, 2.75) is 13.2 Å². The van der Waals surface area contributed by atoms with E-state index in [2.05, 4.69) is 26.1 Å². The first-order valence-electron chi connectivity index (χ1n) is 4.84. The molecule has 2 rings (SSSR count). The Labute approximate surface area is 105 Å². The fourth-order valence-corrected chi connectivity index (χ4v) is 1.70. The summed E-state index contributed by atoms with van der Waals surface area (Å²) in [6.45, 7) is 0.678. The molecule has 7 heteroatoms. The smallest absolute Gasteiger partial charge is 0.267 e. The van der Waals surface area contributed by atoms with Gasteiger partial charge < -0.3 is 9.26 Å². The highest BCUT2D eigenvalue weighted by Crippen LogP contribution is 2.06. The summed E-state index contributed by atoms with van der Waals surface area (Å²) in [5.41, 5.74) is 0.496. The van der Waals surface area contributed by atoms with Gasteiger partial charge in [-0.2, -0.15) is 0 Å². The lowest BCUT2D eigenvalue weighted by Crippen LogP contribution is -2.21. The number of halogens is 1. The summed E-state index contributed by atoms with van der Waals surface area (Å²) in [5.74, 6) is 0.624. The van der Waals surface area contributed by atoms with Crippen LogP contribution in [0.5, 0.6) is 0 Å². The maximum absolute atomic E-state index is 11.7. The summed E-state index contributed by atoms with van der Waals surface area (Å²) in [4.78, 5) is 15.6. The van der Waals surface area contributed by atoms with Crippen molar-refractivity contribution in [2.75, 3.05) is 7.11 Å². The first-order chi connectivity index (χ1) is 8.20. The SMILES string of the molecule is COCc1cc(Cn2cncc(Br)c2=O)no1. The number of nitrogens with zero attached hydrogens (tertiary/aromatic N) is 3. The van der Waals surface area contributed by atoms with E-state index in [9.17, 15) is 4.79 Å². The predicted molar refractivity (Wildman–Crippen MR) is 62.5 cm³/mol. The normalized spacial score (nSPS) is 10.7. The zero-order valence-electron chi connectivity index (χ0n) is 9.09. The predicted octanol–water partition coefficient (Wildman–Crippen LogP) is 1.19. The van der Waals surface area contributed by atoms with E-state index in [4.69, 9.17) is 9.26 Å². The quantitative estimate of drug-likeness (QED) is 0.848. The van der Waals surface area contributed by atoms with Crippen molar-refractivity contribution in [3.63, 3.8) is 0 Å². The molecule has 0 spiro atoms. The molecule has 90 valence electrons. The Morgan fingerprint density at radius 3 is 3.18 bits per heavy atom. The molecule has 0 aliphatic rings. The molecule has 2 heterocycles. The lowest BCUT2D eigenvalue weighted by molar-refractivity contribution is 0.155. The summed E-state index contributed by atoms with van der Waals surface area (Å²) >= 11 is 3.13. The van der Waals surface area contributed by atoms with Crippen molar-refractivity contribution in [3.05, 3.63) is 44.9 Å². The number of hydrogen-bond acceptors (Lipinski definition) is 5. The molecule has 0 aliphatic heterocycles. The summed E-state index contributed by atoms with van der Waals surface area (Å²) in [6, 6.07) is 1.75. The Bertz CT molecular complexity index is 564. The number of hydrogen-bond donors (Lipinski definition) is 0. The molecule has 0 bridgehead atoms. The van der Waals surface area contributed by atoms with Gasteiger partial charge in [-0.25, -0.2) is 4.98 Å². The van der Waals surface area contributed by atoms with E-state index in [1.165, 1.54) is 17.1 Å². The molecule has 0 unspecified atom stereocenters. The largest absolute Gasteiger partial charge is 0.377 e. The Hall–Kier alpha value is -1.47. The van der Waals surface area contributed by atoms with Crippen molar-refractivity contribution >= 4 is 15.9 Å². The molecule has 0 saturated carbocycles. The molecule has 17 heavy (non-hydrogen) atoms. The molecule has 0 atom stereocenters. The van der Waals surface area contributed by atoms with Crippen LogP contribution in [-0.4, -0.2) is 21.8 Å². The van der Waals surface area contributed by atoms with E-state index < -0.39 is 0 Å². The van der Waals surface area contributed by atoms with Crippen LogP contribution >= 0.6 is 15.9 Å². The third-order valence-electron chi connectivity index (χ3n) is 2.09. The minimum Gasteiger partial charge on any atom is -0.377 e. The molecule has 2 aromatic heterocycles. The second-order valence-corrected chi connectivity index (χ2v) is 4.25. The van der Waals surface area contributed by atoms with E-state index in [1.54, 1.807) is 13.2 Å².